The van der Waals surface area contributed by atoms with E-state index in [-0.39, 0.29) is 47.8 Å². The molecule has 142 valence electrons. The molecule has 0 bridgehead atoms. The first-order chi connectivity index (χ1) is 11.2. The van der Waals surface area contributed by atoms with E-state index in [1.54, 1.807) is 12.1 Å². The Kier molecular flexibility index (Phi) is 11.2. The molecule has 0 aliphatic carbocycles. The fourth-order valence-electron chi connectivity index (χ4n) is 1.97. The van der Waals surface area contributed by atoms with Gasteiger partial charge in [-0.2, -0.15) is 0 Å². The zero-order chi connectivity index (χ0) is 18.2. The Balaban J connectivity index is 0.00000576. The molecule has 1 rings (SSSR count). The van der Waals surface area contributed by atoms with Crippen molar-refractivity contribution in [3.05, 3.63) is 34.1 Å². The fourth-order valence-corrected chi connectivity index (χ4v) is 2.40. The standard InChI is InChI=1S/C17H26BrFN4O.HI/c1-5-20-16(22-11-15(24)23-17(2,3)4)21-9-8-12-6-7-14(19)13(18)10-12;/h6-7,10H,5,8-9,11H2,1-4H3,(H,23,24)(H2,20,21,22);1H. The quantitative estimate of drug-likeness (QED) is 0.302. The summed E-state index contributed by atoms with van der Waals surface area (Å²) in [5.74, 6) is 0.191. The number of hydrogen-bond donors (Lipinski definition) is 3. The molecule has 0 radical (unpaired) electrons. The van der Waals surface area contributed by atoms with Crippen LogP contribution in [-0.2, 0) is 11.2 Å². The van der Waals surface area contributed by atoms with Gasteiger partial charge in [0.2, 0.25) is 5.91 Å². The predicted octanol–water partition coefficient (Wildman–Crippen LogP) is 3.22. The summed E-state index contributed by atoms with van der Waals surface area (Å²) in [6.07, 6.45) is 0.720. The first-order valence-corrected chi connectivity index (χ1v) is 8.77. The molecule has 0 aliphatic rings. The molecule has 0 aliphatic heterocycles. The van der Waals surface area contributed by atoms with E-state index >= 15 is 0 Å². The summed E-state index contributed by atoms with van der Waals surface area (Å²) in [6.45, 7) is 9.15. The van der Waals surface area contributed by atoms with Gasteiger partial charge in [-0.05, 0) is 67.7 Å². The van der Waals surface area contributed by atoms with Crippen LogP contribution in [0.5, 0.6) is 0 Å². The highest BCUT2D eigenvalue weighted by molar-refractivity contribution is 14.0. The Labute approximate surface area is 174 Å². The normalized spacial score (nSPS) is 11.5. The lowest BCUT2D eigenvalue weighted by Gasteiger charge is -2.20. The van der Waals surface area contributed by atoms with Gasteiger partial charge in [0, 0.05) is 18.6 Å². The van der Waals surface area contributed by atoms with Crippen molar-refractivity contribution in [1.29, 1.82) is 0 Å². The van der Waals surface area contributed by atoms with Crippen LogP contribution in [0, 0.1) is 5.82 Å². The molecular formula is C17H27BrFIN4O. The first-order valence-electron chi connectivity index (χ1n) is 7.98. The Morgan fingerprint density at radius 3 is 2.52 bits per heavy atom. The van der Waals surface area contributed by atoms with Gasteiger partial charge in [-0.15, -0.1) is 24.0 Å². The average Bonchev–Trinajstić information content (AvgIpc) is 2.46. The van der Waals surface area contributed by atoms with Gasteiger partial charge in [0.15, 0.2) is 5.96 Å². The third kappa shape index (κ3) is 10.6. The van der Waals surface area contributed by atoms with Crippen LogP contribution in [0.25, 0.3) is 0 Å². The van der Waals surface area contributed by atoms with E-state index in [9.17, 15) is 9.18 Å². The first kappa shape index (κ1) is 24.1. The van der Waals surface area contributed by atoms with Gasteiger partial charge in [-0.25, -0.2) is 9.38 Å². The van der Waals surface area contributed by atoms with Crippen molar-refractivity contribution in [2.24, 2.45) is 4.99 Å². The summed E-state index contributed by atoms with van der Waals surface area (Å²) < 4.78 is 13.7. The Morgan fingerprint density at radius 1 is 1.28 bits per heavy atom. The second-order valence-corrected chi connectivity index (χ2v) is 7.27. The second-order valence-electron chi connectivity index (χ2n) is 6.42. The Hall–Kier alpha value is -0.900. The highest BCUT2D eigenvalue weighted by Gasteiger charge is 2.13. The highest BCUT2D eigenvalue weighted by atomic mass is 127. The van der Waals surface area contributed by atoms with Crippen molar-refractivity contribution in [2.45, 2.75) is 39.7 Å². The van der Waals surface area contributed by atoms with Crippen molar-refractivity contribution in [2.75, 3.05) is 19.6 Å². The molecule has 0 heterocycles. The predicted molar refractivity (Wildman–Crippen MR) is 115 cm³/mol. The molecule has 1 aromatic carbocycles. The van der Waals surface area contributed by atoms with Crippen LogP contribution < -0.4 is 16.0 Å². The summed E-state index contributed by atoms with van der Waals surface area (Å²) in [5.41, 5.74) is 0.742. The number of nitrogens with one attached hydrogen (secondary N) is 3. The third-order valence-electron chi connectivity index (χ3n) is 2.93. The molecule has 1 amide bonds. The number of rotatable bonds is 6. The highest BCUT2D eigenvalue weighted by Crippen LogP contribution is 2.16. The molecule has 8 heteroatoms. The molecule has 5 nitrogen and oxygen atoms in total. The van der Waals surface area contributed by atoms with Crippen LogP contribution in [-0.4, -0.2) is 37.0 Å². The Bertz CT molecular complexity index is 591. The van der Waals surface area contributed by atoms with Crippen LogP contribution in [0.15, 0.2) is 27.7 Å². The maximum atomic E-state index is 13.2. The summed E-state index contributed by atoms with van der Waals surface area (Å²) in [6, 6.07) is 4.95. The summed E-state index contributed by atoms with van der Waals surface area (Å²) in [5, 5.41) is 9.14. The van der Waals surface area contributed by atoms with Crippen molar-refractivity contribution in [3.63, 3.8) is 0 Å². The largest absolute Gasteiger partial charge is 0.357 e. The van der Waals surface area contributed by atoms with Crippen molar-refractivity contribution < 1.29 is 9.18 Å². The van der Waals surface area contributed by atoms with Crippen LogP contribution in [0.4, 0.5) is 4.39 Å². The molecule has 3 N–H and O–H groups in total. The van der Waals surface area contributed by atoms with Gasteiger partial charge in [0.25, 0.3) is 0 Å². The molecule has 25 heavy (non-hydrogen) atoms. The van der Waals surface area contributed by atoms with Crippen LogP contribution in [0.1, 0.15) is 33.3 Å². The molecule has 0 aromatic heterocycles. The molecule has 0 saturated heterocycles. The van der Waals surface area contributed by atoms with E-state index in [4.69, 9.17) is 0 Å². The third-order valence-corrected chi connectivity index (χ3v) is 3.54. The van der Waals surface area contributed by atoms with Gasteiger partial charge in [-0.1, -0.05) is 6.07 Å². The van der Waals surface area contributed by atoms with Crippen LogP contribution >= 0.6 is 39.9 Å². The number of carbonyl (C=O) groups excluding carboxylic acids is 1. The summed E-state index contributed by atoms with van der Waals surface area (Å²) in [4.78, 5) is 16.1. The SMILES string of the molecule is CCNC(=NCC(=O)NC(C)(C)C)NCCc1ccc(F)c(Br)c1.I. The number of guanidine groups is 1. The number of carbonyl (C=O) groups is 1. The number of benzene rings is 1. The maximum Gasteiger partial charge on any atom is 0.242 e. The molecule has 0 atom stereocenters. The maximum absolute atomic E-state index is 13.2. The van der Waals surface area contributed by atoms with Gasteiger partial charge in [-0.3, -0.25) is 4.79 Å². The lowest BCUT2D eigenvalue weighted by molar-refractivity contribution is -0.121. The van der Waals surface area contributed by atoms with E-state index in [2.05, 4.69) is 36.9 Å². The molecular weight excluding hydrogens is 502 g/mol. The van der Waals surface area contributed by atoms with Crippen LogP contribution in [0.3, 0.4) is 0 Å². The number of amides is 1. The number of aliphatic imine (C=N–C) groups is 1. The molecule has 0 fully saturated rings. The number of nitrogens with zero attached hydrogens (tertiary/aromatic N) is 1. The van der Waals surface area contributed by atoms with E-state index < -0.39 is 0 Å². The van der Waals surface area contributed by atoms with Crippen LogP contribution in [0.2, 0.25) is 0 Å². The van der Waals surface area contributed by atoms with E-state index in [0.29, 0.717) is 23.5 Å². The monoisotopic (exact) mass is 528 g/mol. The minimum atomic E-state index is -0.272. The van der Waals surface area contributed by atoms with Gasteiger partial charge in [0.05, 0.1) is 4.47 Å². The summed E-state index contributed by atoms with van der Waals surface area (Å²) in [7, 11) is 0. The second kappa shape index (κ2) is 11.7. The minimum Gasteiger partial charge on any atom is -0.357 e. The molecule has 1 aromatic rings. The topological polar surface area (TPSA) is 65.5 Å². The minimum absolute atomic E-state index is 0. The lowest BCUT2D eigenvalue weighted by Crippen LogP contribution is -2.43. The van der Waals surface area contributed by atoms with E-state index in [1.165, 1.54) is 6.07 Å². The molecule has 0 saturated carbocycles. The van der Waals surface area contributed by atoms with Gasteiger partial charge < -0.3 is 16.0 Å². The number of hydrogen-bond acceptors (Lipinski definition) is 2. The number of halogens is 3. The zero-order valence-electron chi connectivity index (χ0n) is 15.1. The zero-order valence-corrected chi connectivity index (χ0v) is 19.0. The van der Waals surface area contributed by atoms with Crippen molar-refractivity contribution in [1.82, 2.24) is 16.0 Å². The van der Waals surface area contributed by atoms with E-state index in [1.807, 2.05) is 27.7 Å². The van der Waals surface area contributed by atoms with Gasteiger partial charge >= 0.3 is 0 Å². The van der Waals surface area contributed by atoms with E-state index in [0.717, 1.165) is 12.0 Å². The fraction of sp³-hybridized carbons (Fsp3) is 0.529. The Morgan fingerprint density at radius 2 is 1.96 bits per heavy atom. The molecule has 0 unspecified atom stereocenters. The molecule has 0 spiro atoms. The smallest absolute Gasteiger partial charge is 0.242 e. The van der Waals surface area contributed by atoms with Crippen molar-refractivity contribution >= 4 is 51.8 Å². The lowest BCUT2D eigenvalue weighted by atomic mass is 10.1. The average molecular weight is 529 g/mol. The van der Waals surface area contributed by atoms with Gasteiger partial charge in [0.1, 0.15) is 12.4 Å². The summed E-state index contributed by atoms with van der Waals surface area (Å²) >= 11 is 3.18. The van der Waals surface area contributed by atoms with Crippen molar-refractivity contribution in [3.8, 4) is 0 Å².